The highest BCUT2D eigenvalue weighted by Crippen LogP contribution is 2.36. The van der Waals surface area contributed by atoms with Crippen molar-refractivity contribution in [3.8, 4) is 0 Å². The van der Waals surface area contributed by atoms with Crippen molar-refractivity contribution in [2.24, 2.45) is 0 Å². The summed E-state index contributed by atoms with van der Waals surface area (Å²) in [5, 5.41) is 0.666. The van der Waals surface area contributed by atoms with Gasteiger partial charge in [0.1, 0.15) is 0 Å². The standard InChI is InChI=1S/C18H18ClNO2S/c1-3-14-11-20(12-15-5-4-6-17(19)18(14)15)23(21,22)16-9-7-13(2)8-10-16/h3-10,14H,1,11-12H2,2H3. The molecule has 3 rings (SSSR count). The molecule has 1 atom stereocenters. The van der Waals surface area contributed by atoms with Gasteiger partial charge in [0.15, 0.2) is 0 Å². The van der Waals surface area contributed by atoms with E-state index in [0.717, 1.165) is 16.7 Å². The maximum atomic E-state index is 12.9. The smallest absolute Gasteiger partial charge is 0.207 e. The number of benzene rings is 2. The molecule has 0 N–H and O–H groups in total. The van der Waals surface area contributed by atoms with E-state index in [4.69, 9.17) is 11.6 Å². The van der Waals surface area contributed by atoms with Crippen LogP contribution in [0.1, 0.15) is 22.6 Å². The van der Waals surface area contributed by atoms with Crippen LogP contribution in [0.2, 0.25) is 5.02 Å². The second kappa shape index (κ2) is 6.11. The summed E-state index contributed by atoms with van der Waals surface area (Å²) >= 11 is 6.30. The Morgan fingerprint density at radius 2 is 1.91 bits per heavy atom. The normalized spacial score (nSPS) is 18.4. The van der Waals surface area contributed by atoms with Crippen molar-refractivity contribution in [1.82, 2.24) is 4.31 Å². The number of halogens is 1. The van der Waals surface area contributed by atoms with Crippen LogP contribution in [0.25, 0.3) is 0 Å². The summed E-state index contributed by atoms with van der Waals surface area (Å²) in [6.07, 6.45) is 1.77. The molecule has 1 aliphatic heterocycles. The van der Waals surface area contributed by atoms with Crippen molar-refractivity contribution >= 4 is 21.6 Å². The summed E-state index contributed by atoms with van der Waals surface area (Å²) in [6, 6.07) is 12.5. The van der Waals surface area contributed by atoms with Gasteiger partial charge in [-0.15, -0.1) is 6.58 Å². The molecular formula is C18H18ClNO2S. The van der Waals surface area contributed by atoms with Crippen LogP contribution >= 0.6 is 11.6 Å². The highest BCUT2D eigenvalue weighted by Gasteiger charge is 2.33. The Labute approximate surface area is 142 Å². The Bertz CT molecular complexity index is 844. The summed E-state index contributed by atoms with van der Waals surface area (Å²) in [7, 11) is -3.53. The lowest BCUT2D eigenvalue weighted by Crippen LogP contribution is -2.37. The SMILES string of the molecule is C=CC1CN(S(=O)(=O)c2ccc(C)cc2)Cc2cccc(Cl)c21. The molecular weight excluding hydrogens is 330 g/mol. The van der Waals surface area contributed by atoms with E-state index in [1.165, 1.54) is 4.31 Å². The van der Waals surface area contributed by atoms with Gasteiger partial charge < -0.3 is 0 Å². The lowest BCUT2D eigenvalue weighted by molar-refractivity contribution is 0.375. The molecule has 0 aromatic heterocycles. The first-order valence-corrected chi connectivity index (χ1v) is 9.22. The average Bonchev–Trinajstić information content (AvgIpc) is 2.54. The summed E-state index contributed by atoms with van der Waals surface area (Å²) in [5.41, 5.74) is 2.95. The van der Waals surface area contributed by atoms with Crippen LogP contribution in [-0.2, 0) is 16.6 Å². The predicted molar refractivity (Wildman–Crippen MR) is 93.2 cm³/mol. The molecule has 0 saturated carbocycles. The van der Waals surface area contributed by atoms with Crippen molar-refractivity contribution in [1.29, 1.82) is 0 Å². The molecule has 2 aromatic carbocycles. The van der Waals surface area contributed by atoms with E-state index in [-0.39, 0.29) is 5.92 Å². The van der Waals surface area contributed by atoms with Crippen LogP contribution < -0.4 is 0 Å². The summed E-state index contributed by atoms with van der Waals surface area (Å²) in [4.78, 5) is 0.316. The lowest BCUT2D eigenvalue weighted by Gasteiger charge is -2.33. The fourth-order valence-corrected chi connectivity index (χ4v) is 4.71. The number of hydrogen-bond acceptors (Lipinski definition) is 2. The molecule has 120 valence electrons. The number of rotatable bonds is 3. The number of hydrogen-bond donors (Lipinski definition) is 0. The van der Waals surface area contributed by atoms with Crippen LogP contribution in [0.5, 0.6) is 0 Å². The van der Waals surface area contributed by atoms with Gasteiger partial charge in [0.05, 0.1) is 4.90 Å². The first kappa shape index (κ1) is 16.2. The largest absolute Gasteiger partial charge is 0.243 e. The van der Waals surface area contributed by atoms with Gasteiger partial charge in [0, 0.05) is 24.0 Å². The molecule has 1 unspecified atom stereocenters. The molecule has 0 spiro atoms. The lowest BCUT2D eigenvalue weighted by atomic mass is 9.91. The Morgan fingerprint density at radius 1 is 1.22 bits per heavy atom. The number of nitrogens with zero attached hydrogens (tertiary/aromatic N) is 1. The minimum Gasteiger partial charge on any atom is -0.207 e. The summed E-state index contributed by atoms with van der Waals surface area (Å²) < 4.78 is 27.3. The molecule has 1 heterocycles. The maximum Gasteiger partial charge on any atom is 0.243 e. The van der Waals surface area contributed by atoms with E-state index >= 15 is 0 Å². The number of aryl methyl sites for hydroxylation is 1. The minimum atomic E-state index is -3.53. The second-order valence-corrected chi connectivity index (χ2v) is 8.11. The number of fused-ring (bicyclic) bond motifs is 1. The third-order valence-corrected chi connectivity index (χ3v) is 6.36. The molecule has 23 heavy (non-hydrogen) atoms. The predicted octanol–water partition coefficient (Wildman–Crippen LogP) is 4.12. The zero-order valence-electron chi connectivity index (χ0n) is 12.9. The van der Waals surface area contributed by atoms with Gasteiger partial charge in [-0.1, -0.05) is 47.5 Å². The van der Waals surface area contributed by atoms with Crippen LogP contribution in [0, 0.1) is 6.92 Å². The Morgan fingerprint density at radius 3 is 2.57 bits per heavy atom. The van der Waals surface area contributed by atoms with Gasteiger partial charge in [-0.3, -0.25) is 0 Å². The maximum absolute atomic E-state index is 12.9. The quantitative estimate of drug-likeness (QED) is 0.783. The Kier molecular flexibility index (Phi) is 4.32. The molecule has 0 fully saturated rings. The third kappa shape index (κ3) is 2.94. The fourth-order valence-electron chi connectivity index (χ4n) is 2.93. The molecule has 0 aliphatic carbocycles. The van der Waals surface area contributed by atoms with Crippen LogP contribution in [0.4, 0.5) is 0 Å². The second-order valence-electron chi connectivity index (χ2n) is 5.77. The van der Waals surface area contributed by atoms with Crippen LogP contribution in [0.15, 0.2) is 60.0 Å². The molecule has 3 nitrogen and oxygen atoms in total. The molecule has 0 bridgehead atoms. The van der Waals surface area contributed by atoms with E-state index in [9.17, 15) is 8.42 Å². The zero-order valence-corrected chi connectivity index (χ0v) is 14.4. The first-order chi connectivity index (χ1) is 10.9. The van der Waals surface area contributed by atoms with Gasteiger partial charge >= 0.3 is 0 Å². The average molecular weight is 348 g/mol. The van der Waals surface area contributed by atoms with E-state index < -0.39 is 10.0 Å². The van der Waals surface area contributed by atoms with Crippen molar-refractivity contribution in [3.63, 3.8) is 0 Å². The monoisotopic (exact) mass is 347 g/mol. The third-order valence-electron chi connectivity index (χ3n) is 4.20. The van der Waals surface area contributed by atoms with E-state index in [1.54, 1.807) is 18.2 Å². The van der Waals surface area contributed by atoms with E-state index in [0.29, 0.717) is 23.0 Å². The van der Waals surface area contributed by atoms with Crippen LogP contribution in [0.3, 0.4) is 0 Å². The Balaban J connectivity index is 2.02. The summed E-state index contributed by atoms with van der Waals surface area (Å²) in [5.74, 6) is -0.104. The van der Waals surface area contributed by atoms with Gasteiger partial charge in [0.25, 0.3) is 0 Å². The van der Waals surface area contributed by atoms with Gasteiger partial charge in [-0.25, -0.2) is 8.42 Å². The van der Waals surface area contributed by atoms with E-state index in [2.05, 4.69) is 6.58 Å². The topological polar surface area (TPSA) is 37.4 Å². The van der Waals surface area contributed by atoms with Crippen molar-refractivity contribution in [2.45, 2.75) is 24.3 Å². The molecule has 0 amide bonds. The highest BCUT2D eigenvalue weighted by molar-refractivity contribution is 7.89. The van der Waals surface area contributed by atoms with Crippen molar-refractivity contribution in [2.75, 3.05) is 6.54 Å². The fraction of sp³-hybridized carbons (Fsp3) is 0.222. The first-order valence-electron chi connectivity index (χ1n) is 7.40. The molecule has 5 heteroatoms. The van der Waals surface area contributed by atoms with E-state index in [1.807, 2.05) is 37.3 Å². The van der Waals surface area contributed by atoms with Gasteiger partial charge in [0.2, 0.25) is 10.0 Å². The van der Waals surface area contributed by atoms with Crippen molar-refractivity contribution < 1.29 is 8.42 Å². The van der Waals surface area contributed by atoms with Gasteiger partial charge in [-0.2, -0.15) is 4.31 Å². The van der Waals surface area contributed by atoms with Crippen LogP contribution in [-0.4, -0.2) is 19.3 Å². The molecule has 0 saturated heterocycles. The molecule has 2 aromatic rings. The number of sulfonamides is 1. The molecule has 1 aliphatic rings. The molecule has 0 radical (unpaired) electrons. The zero-order chi connectivity index (χ0) is 16.6. The van der Waals surface area contributed by atoms with Gasteiger partial charge in [-0.05, 0) is 36.2 Å². The Hall–Kier alpha value is -1.62. The van der Waals surface area contributed by atoms with Crippen molar-refractivity contribution in [3.05, 3.63) is 76.8 Å². The minimum absolute atomic E-state index is 0.104. The highest BCUT2D eigenvalue weighted by atomic mass is 35.5. The summed E-state index contributed by atoms with van der Waals surface area (Å²) in [6.45, 7) is 6.47.